The molecule has 1 aromatic carbocycles. The Labute approximate surface area is 180 Å². The zero-order chi connectivity index (χ0) is 23.5. The fourth-order valence-electron chi connectivity index (χ4n) is 2.59. The molecule has 0 spiro atoms. The maximum atomic E-state index is 13.1. The van der Waals surface area contributed by atoms with Crippen LogP contribution in [0.15, 0.2) is 48.7 Å². The van der Waals surface area contributed by atoms with Crippen LogP contribution in [0, 0.1) is 0 Å². The van der Waals surface area contributed by atoms with Crippen molar-refractivity contribution in [1.29, 1.82) is 0 Å². The Morgan fingerprint density at radius 1 is 1.19 bits per heavy atom. The molecule has 1 unspecified atom stereocenters. The molecule has 0 aliphatic rings. The van der Waals surface area contributed by atoms with Gasteiger partial charge in [0.15, 0.2) is 5.82 Å². The van der Waals surface area contributed by atoms with Crippen molar-refractivity contribution in [2.45, 2.75) is 25.4 Å². The first kappa shape index (κ1) is 22.9. The van der Waals surface area contributed by atoms with Gasteiger partial charge in [-0.15, -0.1) is 0 Å². The summed E-state index contributed by atoms with van der Waals surface area (Å²) in [5.74, 6) is -0.747. The molecule has 0 fully saturated rings. The van der Waals surface area contributed by atoms with E-state index in [0.717, 1.165) is 6.07 Å². The fraction of sp³-hybridized carbons (Fsp3) is 0.200. The van der Waals surface area contributed by atoms with Crippen LogP contribution in [-0.4, -0.2) is 32.0 Å². The Morgan fingerprint density at radius 3 is 2.47 bits per heavy atom. The predicted molar refractivity (Wildman–Crippen MR) is 108 cm³/mol. The number of rotatable bonds is 7. The van der Waals surface area contributed by atoms with Crippen LogP contribution in [0.1, 0.15) is 24.4 Å². The van der Waals surface area contributed by atoms with Gasteiger partial charge in [0, 0.05) is 17.8 Å². The number of nitrogens with one attached hydrogen (secondary N) is 1. The summed E-state index contributed by atoms with van der Waals surface area (Å²) in [4.78, 5) is 23.4. The summed E-state index contributed by atoms with van der Waals surface area (Å²) in [6.45, 7) is 1.53. The highest BCUT2D eigenvalue weighted by Gasteiger charge is 2.35. The van der Waals surface area contributed by atoms with E-state index in [1.54, 1.807) is 0 Å². The van der Waals surface area contributed by atoms with Crippen LogP contribution in [0.3, 0.4) is 0 Å². The van der Waals surface area contributed by atoms with E-state index in [1.807, 2.05) is 0 Å². The molecule has 12 heteroatoms. The zero-order valence-electron chi connectivity index (χ0n) is 16.7. The highest BCUT2D eigenvalue weighted by atomic mass is 19.4. The van der Waals surface area contributed by atoms with Gasteiger partial charge in [-0.1, -0.05) is 0 Å². The van der Waals surface area contributed by atoms with Crippen molar-refractivity contribution in [3.8, 4) is 23.0 Å². The summed E-state index contributed by atoms with van der Waals surface area (Å²) >= 11 is 0. The standard InChI is InChI=1S/C20H19F3N6O3/c1-10(16(24)30)27-15-9-14(17(25)31)28-18(29-15)11-4-6-12(7-5-11)32-19-13(20(21,22)23)3-2-8-26-19/h2-10,17,31H,25H2,1H3,(H2,24,30)(H,27,28,29)/t10-,17?/m0/s1. The minimum atomic E-state index is -4.62. The van der Waals surface area contributed by atoms with Gasteiger partial charge in [-0.3, -0.25) is 4.79 Å². The molecule has 0 radical (unpaired) electrons. The number of amides is 1. The maximum absolute atomic E-state index is 13.1. The van der Waals surface area contributed by atoms with E-state index in [2.05, 4.69) is 20.3 Å². The van der Waals surface area contributed by atoms with Crippen molar-refractivity contribution in [2.75, 3.05) is 5.32 Å². The number of anilines is 1. The maximum Gasteiger partial charge on any atom is 0.421 e. The third kappa shape index (κ3) is 5.47. The van der Waals surface area contributed by atoms with Gasteiger partial charge < -0.3 is 26.6 Å². The number of aliphatic hydroxyl groups excluding tert-OH is 1. The number of benzene rings is 1. The van der Waals surface area contributed by atoms with Gasteiger partial charge in [0.25, 0.3) is 0 Å². The lowest BCUT2D eigenvalue weighted by Crippen LogP contribution is -2.33. The van der Waals surface area contributed by atoms with Crippen molar-refractivity contribution < 1.29 is 27.8 Å². The zero-order valence-corrected chi connectivity index (χ0v) is 16.7. The number of halogens is 3. The largest absolute Gasteiger partial charge is 0.438 e. The lowest BCUT2D eigenvalue weighted by Gasteiger charge is -2.15. The number of hydrogen-bond donors (Lipinski definition) is 4. The Balaban J connectivity index is 1.89. The molecule has 0 aliphatic heterocycles. The smallest absolute Gasteiger partial charge is 0.421 e. The average Bonchev–Trinajstić information content (AvgIpc) is 2.73. The number of hydrogen-bond acceptors (Lipinski definition) is 8. The minimum absolute atomic E-state index is 0.0813. The first-order chi connectivity index (χ1) is 15.0. The minimum Gasteiger partial charge on any atom is -0.438 e. The SMILES string of the molecule is C[C@H](Nc1cc(C(N)O)nc(-c2ccc(Oc3ncccc3C(F)(F)F)cc2)n1)C(N)=O. The van der Waals surface area contributed by atoms with E-state index in [1.165, 1.54) is 49.5 Å². The highest BCUT2D eigenvalue weighted by Crippen LogP contribution is 2.36. The molecule has 0 saturated heterocycles. The van der Waals surface area contributed by atoms with E-state index < -0.39 is 35.8 Å². The van der Waals surface area contributed by atoms with Crippen LogP contribution in [-0.2, 0) is 11.0 Å². The van der Waals surface area contributed by atoms with Gasteiger partial charge >= 0.3 is 6.18 Å². The number of carbonyl (C=O) groups excluding carboxylic acids is 1. The number of carbonyl (C=O) groups is 1. The van der Waals surface area contributed by atoms with Crippen LogP contribution < -0.4 is 21.5 Å². The van der Waals surface area contributed by atoms with Crippen LogP contribution in [0.2, 0.25) is 0 Å². The predicted octanol–water partition coefficient (Wildman–Crippen LogP) is 2.58. The molecule has 0 aliphatic carbocycles. The van der Waals surface area contributed by atoms with Crippen molar-refractivity contribution in [3.63, 3.8) is 0 Å². The number of pyridine rings is 1. The van der Waals surface area contributed by atoms with Crippen molar-refractivity contribution >= 4 is 11.7 Å². The summed E-state index contributed by atoms with van der Waals surface area (Å²) in [7, 11) is 0. The van der Waals surface area contributed by atoms with Crippen LogP contribution in [0.5, 0.6) is 11.6 Å². The molecule has 2 atom stereocenters. The summed E-state index contributed by atoms with van der Waals surface area (Å²) in [5.41, 5.74) is 10.3. The first-order valence-corrected chi connectivity index (χ1v) is 9.23. The molecule has 1 amide bonds. The van der Waals surface area contributed by atoms with Crippen molar-refractivity contribution in [2.24, 2.45) is 11.5 Å². The van der Waals surface area contributed by atoms with Gasteiger partial charge in [0.1, 0.15) is 29.4 Å². The van der Waals surface area contributed by atoms with Crippen LogP contribution in [0.25, 0.3) is 11.4 Å². The number of aliphatic hydroxyl groups is 1. The lowest BCUT2D eigenvalue weighted by molar-refractivity contribution is -0.138. The van der Waals surface area contributed by atoms with E-state index in [9.17, 15) is 23.1 Å². The van der Waals surface area contributed by atoms with Gasteiger partial charge in [-0.05, 0) is 43.3 Å². The summed E-state index contributed by atoms with van der Waals surface area (Å²) < 4.78 is 44.6. The first-order valence-electron chi connectivity index (χ1n) is 9.23. The molecule has 2 heterocycles. The number of alkyl halides is 3. The monoisotopic (exact) mass is 448 g/mol. The third-order valence-electron chi connectivity index (χ3n) is 4.24. The van der Waals surface area contributed by atoms with Gasteiger partial charge in [0.05, 0.1) is 5.69 Å². The van der Waals surface area contributed by atoms with Gasteiger partial charge in [0.2, 0.25) is 11.8 Å². The van der Waals surface area contributed by atoms with E-state index >= 15 is 0 Å². The molecular weight excluding hydrogens is 429 g/mol. The molecule has 168 valence electrons. The molecular formula is C20H19F3N6O3. The van der Waals surface area contributed by atoms with Crippen molar-refractivity contribution in [1.82, 2.24) is 15.0 Å². The molecule has 3 aromatic rings. The molecule has 2 aromatic heterocycles. The summed E-state index contributed by atoms with van der Waals surface area (Å²) in [6.07, 6.45) is -4.83. The van der Waals surface area contributed by atoms with E-state index in [0.29, 0.717) is 5.56 Å². The number of nitrogens with zero attached hydrogens (tertiary/aromatic N) is 3. The number of ether oxygens (including phenoxy) is 1. The van der Waals surface area contributed by atoms with Crippen LogP contribution >= 0.6 is 0 Å². The number of primary amides is 1. The average molecular weight is 448 g/mol. The molecule has 32 heavy (non-hydrogen) atoms. The van der Waals surface area contributed by atoms with E-state index in [-0.39, 0.29) is 23.1 Å². The molecule has 0 saturated carbocycles. The molecule has 3 rings (SSSR count). The fourth-order valence-corrected chi connectivity index (χ4v) is 2.59. The Bertz CT molecular complexity index is 1110. The van der Waals surface area contributed by atoms with Crippen molar-refractivity contribution in [3.05, 3.63) is 59.9 Å². The highest BCUT2D eigenvalue weighted by molar-refractivity contribution is 5.82. The normalized spacial score (nSPS) is 13.3. The lowest BCUT2D eigenvalue weighted by atomic mass is 10.2. The Kier molecular flexibility index (Phi) is 6.55. The number of nitrogens with two attached hydrogens (primary N) is 2. The Hall–Kier alpha value is -3.77. The van der Waals surface area contributed by atoms with E-state index in [4.69, 9.17) is 16.2 Å². The summed E-state index contributed by atoms with van der Waals surface area (Å²) in [5, 5.41) is 12.5. The molecule has 6 N–H and O–H groups in total. The molecule has 0 bridgehead atoms. The molecule has 9 nitrogen and oxygen atoms in total. The summed E-state index contributed by atoms with van der Waals surface area (Å²) in [6, 6.07) is 8.50. The van der Waals surface area contributed by atoms with Gasteiger partial charge in [-0.2, -0.15) is 13.2 Å². The Morgan fingerprint density at radius 2 is 1.88 bits per heavy atom. The number of aromatic nitrogens is 3. The van der Waals surface area contributed by atoms with Gasteiger partial charge in [-0.25, -0.2) is 15.0 Å². The topological polar surface area (TPSA) is 149 Å². The third-order valence-corrected chi connectivity index (χ3v) is 4.24. The quantitative estimate of drug-likeness (QED) is 0.403. The second kappa shape index (κ2) is 9.16. The second-order valence-corrected chi connectivity index (χ2v) is 6.70. The second-order valence-electron chi connectivity index (χ2n) is 6.70. The van der Waals surface area contributed by atoms with Crippen LogP contribution in [0.4, 0.5) is 19.0 Å².